The molecule has 0 spiro atoms. The van der Waals surface area contributed by atoms with Crippen molar-refractivity contribution in [3.8, 4) is 0 Å². The standard InChI is InChI=1S/C21H28N2O4S/c1-13(2)8-9-26-12-17-10-15(20(25)27-17)11-18-19(24)23-21(28-18)22-16-6-4-14(3)5-7-16/h4-7,13,15,17-18H,8-12H2,1-3H3,(H,22,23,24). The molecule has 0 saturated carbocycles. The Hall–Kier alpha value is -1.86. The van der Waals surface area contributed by atoms with Crippen molar-refractivity contribution in [2.45, 2.75) is 51.4 Å². The molecule has 3 rings (SSSR count). The van der Waals surface area contributed by atoms with Crippen LogP contribution in [0.15, 0.2) is 29.3 Å². The first-order valence-electron chi connectivity index (χ1n) is 9.82. The summed E-state index contributed by atoms with van der Waals surface area (Å²) >= 11 is 1.38. The first kappa shape index (κ1) is 20.9. The van der Waals surface area contributed by atoms with Gasteiger partial charge in [0, 0.05) is 6.61 Å². The topological polar surface area (TPSA) is 77.0 Å². The van der Waals surface area contributed by atoms with Crippen molar-refractivity contribution < 1.29 is 19.1 Å². The Morgan fingerprint density at radius 3 is 2.75 bits per heavy atom. The molecule has 7 heteroatoms. The number of ether oxygens (including phenoxy) is 2. The SMILES string of the molecule is Cc1ccc(N=C2NC(=O)C(CC3CC(COCCC(C)C)OC3=O)S2)cc1. The van der Waals surface area contributed by atoms with Gasteiger partial charge in [0.25, 0.3) is 0 Å². The highest BCUT2D eigenvalue weighted by Crippen LogP contribution is 2.33. The van der Waals surface area contributed by atoms with E-state index in [1.54, 1.807) is 0 Å². The largest absolute Gasteiger partial charge is 0.460 e. The van der Waals surface area contributed by atoms with Crippen LogP contribution in [0.25, 0.3) is 0 Å². The lowest BCUT2D eigenvalue weighted by Crippen LogP contribution is -2.27. The number of amidine groups is 1. The molecule has 1 N–H and O–H groups in total. The zero-order valence-corrected chi connectivity index (χ0v) is 17.5. The summed E-state index contributed by atoms with van der Waals surface area (Å²) in [7, 11) is 0. The molecule has 0 radical (unpaired) electrons. The Balaban J connectivity index is 1.49. The highest BCUT2D eigenvalue weighted by molar-refractivity contribution is 8.15. The Bertz CT molecular complexity index is 732. The number of nitrogens with one attached hydrogen (secondary N) is 1. The van der Waals surface area contributed by atoms with Crippen molar-refractivity contribution in [1.29, 1.82) is 0 Å². The molecule has 2 saturated heterocycles. The predicted octanol–water partition coefficient (Wildman–Crippen LogP) is 3.60. The Kier molecular flexibility index (Phi) is 7.13. The van der Waals surface area contributed by atoms with Crippen LogP contribution in [0.3, 0.4) is 0 Å². The van der Waals surface area contributed by atoms with Crippen LogP contribution in [0.4, 0.5) is 5.69 Å². The van der Waals surface area contributed by atoms with E-state index in [0.29, 0.717) is 37.1 Å². The van der Waals surface area contributed by atoms with Crippen LogP contribution in [0.1, 0.15) is 38.7 Å². The molecule has 1 amide bonds. The van der Waals surface area contributed by atoms with Crippen molar-refractivity contribution in [3.63, 3.8) is 0 Å². The summed E-state index contributed by atoms with van der Waals surface area (Å²) in [5.41, 5.74) is 1.96. The first-order valence-corrected chi connectivity index (χ1v) is 10.7. The van der Waals surface area contributed by atoms with E-state index < -0.39 is 0 Å². The molecule has 2 aliphatic heterocycles. The normalized spacial score (nSPS) is 26.1. The van der Waals surface area contributed by atoms with E-state index in [2.05, 4.69) is 24.2 Å². The number of carbonyl (C=O) groups excluding carboxylic acids is 2. The van der Waals surface area contributed by atoms with E-state index in [1.807, 2.05) is 31.2 Å². The number of carbonyl (C=O) groups is 2. The number of hydrogen-bond acceptors (Lipinski definition) is 6. The molecule has 3 atom stereocenters. The molecular formula is C21H28N2O4S. The van der Waals surface area contributed by atoms with Gasteiger partial charge in [-0.1, -0.05) is 43.3 Å². The second kappa shape index (κ2) is 9.56. The lowest BCUT2D eigenvalue weighted by atomic mass is 9.99. The molecule has 3 unspecified atom stereocenters. The van der Waals surface area contributed by atoms with Crippen molar-refractivity contribution in [2.75, 3.05) is 13.2 Å². The number of aryl methyl sites for hydroxylation is 1. The number of cyclic esters (lactones) is 1. The maximum absolute atomic E-state index is 12.3. The van der Waals surface area contributed by atoms with E-state index >= 15 is 0 Å². The van der Waals surface area contributed by atoms with Crippen molar-refractivity contribution in [2.24, 2.45) is 16.8 Å². The number of rotatable bonds is 8. The minimum Gasteiger partial charge on any atom is -0.460 e. The summed E-state index contributed by atoms with van der Waals surface area (Å²) in [5.74, 6) is 0.00306. The van der Waals surface area contributed by atoms with Crippen molar-refractivity contribution >= 4 is 34.5 Å². The van der Waals surface area contributed by atoms with Gasteiger partial charge in [0.2, 0.25) is 5.91 Å². The van der Waals surface area contributed by atoms with Gasteiger partial charge in [-0.3, -0.25) is 9.59 Å². The summed E-state index contributed by atoms with van der Waals surface area (Å²) in [4.78, 5) is 28.9. The van der Waals surface area contributed by atoms with Crippen molar-refractivity contribution in [3.05, 3.63) is 29.8 Å². The molecule has 2 fully saturated rings. The third-order valence-electron chi connectivity index (χ3n) is 4.85. The van der Waals surface area contributed by atoms with Gasteiger partial charge in [-0.2, -0.15) is 0 Å². The monoisotopic (exact) mass is 404 g/mol. The van der Waals surface area contributed by atoms with Crippen LogP contribution in [-0.2, 0) is 19.1 Å². The summed E-state index contributed by atoms with van der Waals surface area (Å²) < 4.78 is 11.1. The quantitative estimate of drug-likeness (QED) is 0.529. The number of amides is 1. The Morgan fingerprint density at radius 1 is 1.29 bits per heavy atom. The molecule has 0 aliphatic carbocycles. The van der Waals surface area contributed by atoms with Gasteiger partial charge in [-0.25, -0.2) is 4.99 Å². The van der Waals surface area contributed by atoms with Gasteiger partial charge < -0.3 is 14.8 Å². The number of aliphatic imine (C=N–C) groups is 1. The van der Waals surface area contributed by atoms with Gasteiger partial charge in [-0.15, -0.1) is 0 Å². The zero-order chi connectivity index (χ0) is 20.1. The summed E-state index contributed by atoms with van der Waals surface area (Å²) in [6, 6.07) is 7.80. The predicted molar refractivity (Wildman–Crippen MR) is 111 cm³/mol. The number of benzene rings is 1. The molecule has 1 aromatic carbocycles. The lowest BCUT2D eigenvalue weighted by molar-refractivity contribution is -0.146. The van der Waals surface area contributed by atoms with Gasteiger partial charge in [-0.05, 0) is 44.2 Å². The zero-order valence-electron chi connectivity index (χ0n) is 16.6. The Morgan fingerprint density at radius 2 is 2.04 bits per heavy atom. The number of esters is 1. The molecule has 2 aliphatic rings. The number of hydrogen-bond donors (Lipinski definition) is 1. The second-order valence-electron chi connectivity index (χ2n) is 7.83. The fraction of sp³-hybridized carbons (Fsp3) is 0.571. The smallest absolute Gasteiger partial charge is 0.309 e. The van der Waals surface area contributed by atoms with E-state index in [0.717, 1.165) is 17.7 Å². The number of nitrogens with zero attached hydrogens (tertiary/aromatic N) is 1. The van der Waals surface area contributed by atoms with Crippen LogP contribution < -0.4 is 5.32 Å². The fourth-order valence-corrected chi connectivity index (χ4v) is 4.24. The van der Waals surface area contributed by atoms with Gasteiger partial charge in [0.1, 0.15) is 6.10 Å². The Labute approximate surface area is 170 Å². The third kappa shape index (κ3) is 5.82. The minimum absolute atomic E-state index is 0.0969. The maximum Gasteiger partial charge on any atom is 0.309 e. The van der Waals surface area contributed by atoms with E-state index in [4.69, 9.17) is 9.47 Å². The van der Waals surface area contributed by atoms with Crippen LogP contribution in [-0.4, -0.2) is 41.6 Å². The van der Waals surface area contributed by atoms with Gasteiger partial charge >= 0.3 is 5.97 Å². The van der Waals surface area contributed by atoms with Crippen LogP contribution in [0.2, 0.25) is 0 Å². The van der Waals surface area contributed by atoms with E-state index in [9.17, 15) is 9.59 Å². The highest BCUT2D eigenvalue weighted by Gasteiger charge is 2.40. The molecule has 0 aromatic heterocycles. The molecule has 6 nitrogen and oxygen atoms in total. The van der Waals surface area contributed by atoms with Gasteiger partial charge in [0.05, 0.1) is 23.5 Å². The third-order valence-corrected chi connectivity index (χ3v) is 5.95. The van der Waals surface area contributed by atoms with E-state index in [1.165, 1.54) is 11.8 Å². The summed E-state index contributed by atoms with van der Waals surface area (Å²) in [5, 5.41) is 3.08. The number of thioether (sulfide) groups is 1. The average molecular weight is 405 g/mol. The summed E-state index contributed by atoms with van der Waals surface area (Å²) in [6.45, 7) is 7.42. The van der Waals surface area contributed by atoms with E-state index in [-0.39, 0.29) is 29.1 Å². The van der Waals surface area contributed by atoms with Crippen LogP contribution in [0.5, 0.6) is 0 Å². The molecule has 0 bridgehead atoms. The molecule has 152 valence electrons. The van der Waals surface area contributed by atoms with Crippen LogP contribution >= 0.6 is 11.8 Å². The summed E-state index contributed by atoms with van der Waals surface area (Å²) in [6.07, 6.45) is 1.85. The fourth-order valence-electron chi connectivity index (χ4n) is 3.16. The lowest BCUT2D eigenvalue weighted by Gasteiger charge is -2.11. The maximum atomic E-state index is 12.3. The molecule has 2 heterocycles. The highest BCUT2D eigenvalue weighted by atomic mass is 32.2. The van der Waals surface area contributed by atoms with Crippen molar-refractivity contribution in [1.82, 2.24) is 5.32 Å². The van der Waals surface area contributed by atoms with Crippen LogP contribution in [0, 0.1) is 18.8 Å². The van der Waals surface area contributed by atoms with Gasteiger partial charge in [0.15, 0.2) is 5.17 Å². The molecule has 1 aromatic rings. The molecular weight excluding hydrogens is 376 g/mol. The molecule has 28 heavy (non-hydrogen) atoms. The second-order valence-corrected chi connectivity index (χ2v) is 9.02. The minimum atomic E-state index is -0.317. The first-order chi connectivity index (χ1) is 13.4. The average Bonchev–Trinajstić information content (AvgIpc) is 3.16.